The van der Waals surface area contributed by atoms with E-state index < -0.39 is 5.67 Å². The molecule has 33 heavy (non-hydrogen) atoms. The lowest BCUT2D eigenvalue weighted by molar-refractivity contribution is -0.118. The molecule has 2 fully saturated rings. The van der Waals surface area contributed by atoms with Gasteiger partial charge < -0.3 is 10.2 Å². The van der Waals surface area contributed by atoms with Gasteiger partial charge >= 0.3 is 0 Å². The van der Waals surface area contributed by atoms with Crippen LogP contribution in [0.5, 0.6) is 0 Å². The Balaban J connectivity index is 1.35. The Morgan fingerprint density at radius 2 is 2.00 bits per heavy atom. The first-order valence-electron chi connectivity index (χ1n) is 11.5. The number of carbonyl (C=O) groups is 1. The van der Waals surface area contributed by atoms with Crippen molar-refractivity contribution in [3.63, 3.8) is 0 Å². The van der Waals surface area contributed by atoms with Crippen molar-refractivity contribution in [2.45, 2.75) is 55.3 Å². The van der Waals surface area contributed by atoms with Gasteiger partial charge in [0.15, 0.2) is 5.16 Å². The van der Waals surface area contributed by atoms with Crippen molar-refractivity contribution in [3.8, 4) is 0 Å². The zero-order valence-electron chi connectivity index (χ0n) is 19.0. The minimum Gasteiger partial charge on any atom is -0.350 e. The predicted molar refractivity (Wildman–Crippen MR) is 130 cm³/mol. The number of hydrogen-bond acceptors (Lipinski definition) is 7. The van der Waals surface area contributed by atoms with E-state index in [2.05, 4.69) is 15.3 Å². The summed E-state index contributed by atoms with van der Waals surface area (Å²) in [5.74, 6) is 2.60. The van der Waals surface area contributed by atoms with Crippen LogP contribution in [0.2, 0.25) is 0 Å². The highest BCUT2D eigenvalue weighted by atomic mass is 32.2. The largest absolute Gasteiger partial charge is 0.350 e. The summed E-state index contributed by atoms with van der Waals surface area (Å²) < 4.78 is 14.9. The zero-order chi connectivity index (χ0) is 23.0. The van der Waals surface area contributed by atoms with Crippen molar-refractivity contribution in [1.82, 2.24) is 9.97 Å². The van der Waals surface area contributed by atoms with Gasteiger partial charge in [0, 0.05) is 23.8 Å². The van der Waals surface area contributed by atoms with Crippen LogP contribution in [-0.2, 0) is 11.2 Å². The highest BCUT2D eigenvalue weighted by Gasteiger charge is 2.54. The number of benzene rings is 1. The molecule has 1 aliphatic carbocycles. The lowest BCUT2D eigenvalue weighted by Gasteiger charge is -2.45. The summed E-state index contributed by atoms with van der Waals surface area (Å²) in [7, 11) is 0. The summed E-state index contributed by atoms with van der Waals surface area (Å²) in [4.78, 5) is 28.6. The molecule has 0 bridgehead atoms. The van der Waals surface area contributed by atoms with Crippen molar-refractivity contribution in [2.24, 2.45) is 10.9 Å². The number of aliphatic imine (C=N–C) groups is 1. The molecule has 0 radical (unpaired) electrons. The summed E-state index contributed by atoms with van der Waals surface area (Å²) in [6, 6.07) is 9.80. The highest BCUT2D eigenvalue weighted by Crippen LogP contribution is 2.48. The van der Waals surface area contributed by atoms with E-state index in [1.165, 1.54) is 17.3 Å². The van der Waals surface area contributed by atoms with Crippen molar-refractivity contribution < 1.29 is 9.18 Å². The van der Waals surface area contributed by atoms with Crippen LogP contribution in [0.4, 0.5) is 16.0 Å². The van der Waals surface area contributed by atoms with Gasteiger partial charge in [0.1, 0.15) is 28.9 Å². The molecule has 0 spiro atoms. The quantitative estimate of drug-likeness (QED) is 0.562. The number of Topliss-reactive ketones (excluding diaryl/α,β-unsaturated/α-hetero) is 1. The van der Waals surface area contributed by atoms with Crippen LogP contribution in [-0.4, -0.2) is 46.9 Å². The second kappa shape index (κ2) is 8.89. The third kappa shape index (κ3) is 5.11. The third-order valence-electron chi connectivity index (χ3n) is 6.30. The molecule has 2 aliphatic heterocycles. The van der Waals surface area contributed by atoms with Gasteiger partial charge in [-0.05, 0) is 66.8 Å². The minimum absolute atomic E-state index is 0.209. The number of amidine groups is 1. The van der Waals surface area contributed by atoms with Gasteiger partial charge in [0.2, 0.25) is 0 Å². The van der Waals surface area contributed by atoms with Gasteiger partial charge in [-0.1, -0.05) is 19.1 Å². The summed E-state index contributed by atoms with van der Waals surface area (Å²) in [5.41, 5.74) is 1.12. The Morgan fingerprint density at radius 3 is 2.64 bits per heavy atom. The first-order valence-corrected chi connectivity index (χ1v) is 12.3. The third-order valence-corrected chi connectivity index (χ3v) is 7.17. The number of anilines is 2. The Bertz CT molecular complexity index is 1120. The van der Waals surface area contributed by atoms with Crippen molar-refractivity contribution in [2.75, 3.05) is 29.9 Å². The summed E-state index contributed by atoms with van der Waals surface area (Å²) >= 11 is 1.46. The molecule has 1 saturated heterocycles. The number of hydrogen-bond donors (Lipinski definition) is 1. The molecule has 1 N–H and O–H groups in total. The van der Waals surface area contributed by atoms with Crippen LogP contribution in [0.25, 0.3) is 0 Å². The number of carbonyl (C=O) groups excluding carboxylic acids is 1. The maximum atomic E-state index is 14.9. The normalized spacial score (nSPS) is 19.1. The van der Waals surface area contributed by atoms with Gasteiger partial charge in [-0.2, -0.15) is 0 Å². The van der Waals surface area contributed by atoms with E-state index in [1.807, 2.05) is 55.2 Å². The van der Waals surface area contributed by atoms with Crippen LogP contribution in [0, 0.1) is 5.92 Å². The average Bonchev–Trinajstić information content (AvgIpc) is 3.55. The molecule has 8 heteroatoms. The first-order chi connectivity index (χ1) is 15.9. The Morgan fingerprint density at radius 1 is 1.24 bits per heavy atom. The molecule has 3 aliphatic rings. The molecular formula is C25H28FN5OS. The second-order valence-electron chi connectivity index (χ2n) is 9.19. The fourth-order valence-corrected chi connectivity index (χ4v) is 4.93. The fourth-order valence-electron chi connectivity index (χ4n) is 4.17. The monoisotopic (exact) mass is 465 g/mol. The van der Waals surface area contributed by atoms with Crippen molar-refractivity contribution in [3.05, 3.63) is 47.5 Å². The SMILES string of the molecule is CCC(=O)Cc1ccc(Sc2nc(NC3=NCC(C)=C3)cc(N3CC(F)(C4CC4)C3)n2)cc1. The molecule has 0 atom stereocenters. The van der Waals surface area contributed by atoms with Crippen LogP contribution in [0.3, 0.4) is 0 Å². The fraction of sp³-hybridized carbons (Fsp3) is 0.440. The van der Waals surface area contributed by atoms with E-state index in [-0.39, 0.29) is 11.7 Å². The molecule has 1 aromatic heterocycles. The number of rotatable bonds is 8. The zero-order valence-corrected chi connectivity index (χ0v) is 19.8. The Hall–Kier alpha value is -2.74. The lowest BCUT2D eigenvalue weighted by Crippen LogP contribution is -2.60. The van der Waals surface area contributed by atoms with E-state index in [9.17, 15) is 9.18 Å². The number of aromatic nitrogens is 2. The molecule has 3 heterocycles. The van der Waals surface area contributed by atoms with Gasteiger partial charge in [-0.3, -0.25) is 9.79 Å². The van der Waals surface area contributed by atoms with E-state index >= 15 is 0 Å². The van der Waals surface area contributed by atoms with Crippen LogP contribution in [0.15, 0.2) is 57.0 Å². The van der Waals surface area contributed by atoms with Gasteiger partial charge in [-0.25, -0.2) is 14.4 Å². The topological polar surface area (TPSA) is 70.5 Å². The van der Waals surface area contributed by atoms with Crippen LogP contribution in [0.1, 0.15) is 38.7 Å². The molecule has 1 saturated carbocycles. The summed E-state index contributed by atoms with van der Waals surface area (Å²) in [6.45, 7) is 5.39. The summed E-state index contributed by atoms with van der Waals surface area (Å²) in [6.07, 6.45) is 5.00. The van der Waals surface area contributed by atoms with Crippen molar-refractivity contribution in [1.29, 1.82) is 0 Å². The number of alkyl halides is 1. The predicted octanol–water partition coefficient (Wildman–Crippen LogP) is 4.86. The van der Waals surface area contributed by atoms with E-state index in [4.69, 9.17) is 4.98 Å². The number of ketones is 1. The smallest absolute Gasteiger partial charge is 0.196 e. The van der Waals surface area contributed by atoms with Gasteiger partial charge in [-0.15, -0.1) is 0 Å². The van der Waals surface area contributed by atoms with Gasteiger partial charge in [0.05, 0.1) is 19.6 Å². The molecular weight excluding hydrogens is 437 g/mol. The van der Waals surface area contributed by atoms with E-state index in [0.29, 0.717) is 43.5 Å². The second-order valence-corrected chi connectivity index (χ2v) is 10.2. The van der Waals surface area contributed by atoms with E-state index in [0.717, 1.165) is 35.0 Å². The molecule has 0 amide bonds. The maximum Gasteiger partial charge on any atom is 0.196 e. The van der Waals surface area contributed by atoms with Gasteiger partial charge in [0.25, 0.3) is 0 Å². The number of nitrogens with zero attached hydrogens (tertiary/aromatic N) is 4. The number of halogens is 1. The molecule has 0 unspecified atom stereocenters. The van der Waals surface area contributed by atoms with Crippen LogP contribution < -0.4 is 10.2 Å². The highest BCUT2D eigenvalue weighted by molar-refractivity contribution is 7.99. The summed E-state index contributed by atoms with van der Waals surface area (Å²) in [5, 5.41) is 3.88. The molecule has 2 aromatic rings. The molecule has 172 valence electrons. The maximum absolute atomic E-state index is 14.9. The van der Waals surface area contributed by atoms with Crippen molar-refractivity contribution >= 4 is 35.0 Å². The lowest BCUT2D eigenvalue weighted by atomic mass is 9.91. The van der Waals surface area contributed by atoms with Crippen LogP contribution >= 0.6 is 11.8 Å². The first kappa shape index (κ1) is 22.1. The molecule has 1 aromatic carbocycles. The Labute approximate surface area is 197 Å². The molecule has 5 rings (SSSR count). The van der Waals surface area contributed by atoms with E-state index in [1.54, 1.807) is 0 Å². The minimum atomic E-state index is -1.08. The standard InChI is InChI=1S/C25H28FN5OS/c1-3-19(32)11-17-4-8-20(9-5-17)33-24-29-22(28-21-10-16(2)13-27-21)12-23(30-24)31-14-25(26,15-31)18-6-7-18/h4-5,8-10,12,18H,3,6-7,11,13-15H2,1-2H3,(H,27,28,29,30). The average molecular weight is 466 g/mol. The number of nitrogens with one attached hydrogen (secondary N) is 1. The Kier molecular flexibility index (Phi) is 5.95. The molecule has 6 nitrogen and oxygen atoms in total.